The monoisotopic (exact) mass is 311 g/mol. The molecular weight excluding hydrogens is 286 g/mol. The Morgan fingerprint density at radius 2 is 1.74 bits per heavy atom. The summed E-state index contributed by atoms with van der Waals surface area (Å²) in [6, 6.07) is 17.9. The number of esters is 1. The number of carbonyl (C=O) groups excluding carboxylic acids is 1. The van der Waals surface area contributed by atoms with E-state index >= 15 is 0 Å². The highest BCUT2D eigenvalue weighted by Crippen LogP contribution is 2.15. The van der Waals surface area contributed by atoms with Crippen LogP contribution in [-0.4, -0.2) is 19.1 Å². The summed E-state index contributed by atoms with van der Waals surface area (Å²) in [5.74, 6) is -0.246. The smallest absolute Gasteiger partial charge is 0.328 e. The van der Waals surface area contributed by atoms with Crippen molar-refractivity contribution in [2.75, 3.05) is 12.4 Å². The average Bonchev–Trinajstić information content (AvgIpc) is 2.60. The number of ether oxygens (including phenoxy) is 1. The summed E-state index contributed by atoms with van der Waals surface area (Å²) >= 11 is 0. The fourth-order valence-corrected chi connectivity index (χ4v) is 2.54. The van der Waals surface area contributed by atoms with E-state index in [1.54, 1.807) is 0 Å². The first-order valence-corrected chi connectivity index (χ1v) is 8.20. The predicted octanol–water partition coefficient (Wildman–Crippen LogP) is 4.23. The molecule has 0 heterocycles. The lowest BCUT2D eigenvalue weighted by molar-refractivity contribution is -0.141. The highest BCUT2D eigenvalue weighted by Gasteiger charge is 2.19. The zero-order chi connectivity index (χ0) is 16.5. The molecule has 0 aliphatic carbocycles. The Balaban J connectivity index is 2.04. The van der Waals surface area contributed by atoms with Crippen LogP contribution in [0, 0.1) is 0 Å². The van der Waals surface area contributed by atoms with E-state index in [0.29, 0.717) is 6.42 Å². The molecule has 0 aliphatic rings. The number of unbranched alkanes of at least 4 members (excludes halogenated alkanes) is 1. The minimum absolute atomic E-state index is 0.246. The van der Waals surface area contributed by atoms with Crippen molar-refractivity contribution >= 4 is 11.7 Å². The number of anilines is 1. The zero-order valence-electron chi connectivity index (χ0n) is 13.9. The summed E-state index contributed by atoms with van der Waals surface area (Å²) in [6.07, 6.45) is 4.10. The maximum atomic E-state index is 12.0. The molecule has 3 nitrogen and oxygen atoms in total. The van der Waals surface area contributed by atoms with Crippen molar-refractivity contribution in [3.05, 3.63) is 65.7 Å². The number of methoxy groups -OCH3 is 1. The van der Waals surface area contributed by atoms with Gasteiger partial charge in [0.2, 0.25) is 0 Å². The van der Waals surface area contributed by atoms with E-state index in [1.165, 1.54) is 25.5 Å². The van der Waals surface area contributed by atoms with Gasteiger partial charge in [0.15, 0.2) is 0 Å². The molecule has 0 saturated carbocycles. The molecule has 0 aromatic heterocycles. The van der Waals surface area contributed by atoms with Crippen LogP contribution in [0.5, 0.6) is 0 Å². The number of benzene rings is 2. The van der Waals surface area contributed by atoms with Crippen LogP contribution in [0.25, 0.3) is 0 Å². The molecule has 0 aliphatic heterocycles. The van der Waals surface area contributed by atoms with Crippen molar-refractivity contribution in [3.63, 3.8) is 0 Å². The Kier molecular flexibility index (Phi) is 6.67. The van der Waals surface area contributed by atoms with Gasteiger partial charge in [0, 0.05) is 12.1 Å². The maximum absolute atomic E-state index is 12.0. The molecule has 0 amide bonds. The number of rotatable bonds is 8. The highest BCUT2D eigenvalue weighted by molar-refractivity contribution is 5.79. The molecule has 0 bridgehead atoms. The highest BCUT2D eigenvalue weighted by atomic mass is 16.5. The number of nitrogens with one attached hydrogen (secondary N) is 1. The van der Waals surface area contributed by atoms with Crippen molar-refractivity contribution < 1.29 is 9.53 Å². The van der Waals surface area contributed by atoms with Gasteiger partial charge >= 0.3 is 5.97 Å². The second kappa shape index (κ2) is 8.99. The van der Waals surface area contributed by atoms with Gasteiger partial charge in [-0.1, -0.05) is 55.8 Å². The number of hydrogen-bond donors (Lipinski definition) is 1. The van der Waals surface area contributed by atoms with Crippen LogP contribution in [0.15, 0.2) is 54.6 Å². The SMILES string of the molecule is CCCCc1ccc(N[C@@H](Cc2ccccc2)C(=O)OC)cc1. The van der Waals surface area contributed by atoms with Crippen molar-refractivity contribution in [1.82, 2.24) is 0 Å². The van der Waals surface area contributed by atoms with Crippen molar-refractivity contribution in [1.29, 1.82) is 0 Å². The van der Waals surface area contributed by atoms with Gasteiger partial charge in [-0.15, -0.1) is 0 Å². The van der Waals surface area contributed by atoms with Gasteiger partial charge in [-0.05, 0) is 36.1 Å². The van der Waals surface area contributed by atoms with Crippen LogP contribution >= 0.6 is 0 Å². The van der Waals surface area contributed by atoms with Crippen LogP contribution in [0.2, 0.25) is 0 Å². The maximum Gasteiger partial charge on any atom is 0.328 e. The molecule has 2 aromatic carbocycles. The summed E-state index contributed by atoms with van der Waals surface area (Å²) in [5.41, 5.74) is 3.38. The summed E-state index contributed by atoms with van der Waals surface area (Å²) in [5, 5.41) is 3.29. The third-order valence-electron chi connectivity index (χ3n) is 3.88. The van der Waals surface area contributed by atoms with Crippen LogP contribution in [0.4, 0.5) is 5.69 Å². The fraction of sp³-hybridized carbons (Fsp3) is 0.350. The minimum Gasteiger partial charge on any atom is -0.467 e. The van der Waals surface area contributed by atoms with E-state index in [-0.39, 0.29) is 12.0 Å². The van der Waals surface area contributed by atoms with Gasteiger partial charge in [-0.2, -0.15) is 0 Å². The lowest BCUT2D eigenvalue weighted by Crippen LogP contribution is -2.32. The van der Waals surface area contributed by atoms with Gasteiger partial charge in [0.05, 0.1) is 7.11 Å². The Morgan fingerprint density at radius 1 is 1.04 bits per heavy atom. The number of aryl methyl sites for hydroxylation is 1. The molecule has 1 atom stereocenters. The Bertz CT molecular complexity index is 593. The van der Waals surface area contributed by atoms with Crippen molar-refractivity contribution in [2.45, 2.75) is 38.6 Å². The largest absolute Gasteiger partial charge is 0.467 e. The lowest BCUT2D eigenvalue weighted by atomic mass is 10.0. The van der Waals surface area contributed by atoms with Crippen molar-refractivity contribution in [2.24, 2.45) is 0 Å². The van der Waals surface area contributed by atoms with Gasteiger partial charge < -0.3 is 10.1 Å². The summed E-state index contributed by atoms with van der Waals surface area (Å²) in [7, 11) is 1.43. The molecule has 0 unspecified atom stereocenters. The molecule has 122 valence electrons. The molecule has 0 radical (unpaired) electrons. The first kappa shape index (κ1) is 17.1. The molecule has 0 fully saturated rings. The number of hydrogen-bond acceptors (Lipinski definition) is 3. The van der Waals surface area contributed by atoms with E-state index in [2.05, 4.69) is 24.4 Å². The second-order valence-corrected chi connectivity index (χ2v) is 5.71. The second-order valence-electron chi connectivity index (χ2n) is 5.71. The third-order valence-corrected chi connectivity index (χ3v) is 3.88. The third kappa shape index (κ3) is 5.44. The van der Waals surface area contributed by atoms with Crippen LogP contribution in [0.1, 0.15) is 30.9 Å². The van der Waals surface area contributed by atoms with Gasteiger partial charge in [-0.25, -0.2) is 4.79 Å². The standard InChI is InChI=1S/C20H25NO2/c1-3-4-8-16-11-13-18(14-12-16)21-19(20(22)23-2)15-17-9-6-5-7-10-17/h5-7,9-14,19,21H,3-4,8,15H2,1-2H3/t19-/m0/s1. The predicted molar refractivity (Wildman–Crippen MR) is 94.6 cm³/mol. The summed E-state index contributed by atoms with van der Waals surface area (Å²) in [6.45, 7) is 2.19. The summed E-state index contributed by atoms with van der Waals surface area (Å²) < 4.78 is 4.93. The molecule has 0 spiro atoms. The van der Waals surface area contributed by atoms with Gasteiger partial charge in [-0.3, -0.25) is 0 Å². The average molecular weight is 311 g/mol. The lowest BCUT2D eigenvalue weighted by Gasteiger charge is -2.18. The van der Waals surface area contributed by atoms with E-state index in [4.69, 9.17) is 4.74 Å². The van der Waals surface area contributed by atoms with Gasteiger partial charge in [0.1, 0.15) is 6.04 Å². The molecule has 2 rings (SSSR count). The quantitative estimate of drug-likeness (QED) is 0.742. The summed E-state index contributed by atoms with van der Waals surface area (Å²) in [4.78, 5) is 12.0. The minimum atomic E-state index is -0.385. The van der Waals surface area contributed by atoms with E-state index in [1.807, 2.05) is 42.5 Å². The zero-order valence-corrected chi connectivity index (χ0v) is 13.9. The first-order chi connectivity index (χ1) is 11.2. The topological polar surface area (TPSA) is 38.3 Å². The van der Waals surface area contributed by atoms with Crippen molar-refractivity contribution in [3.8, 4) is 0 Å². The Labute approximate surface area is 138 Å². The van der Waals surface area contributed by atoms with Crippen LogP contribution in [-0.2, 0) is 22.4 Å². The Hall–Kier alpha value is -2.29. The molecule has 3 heteroatoms. The van der Waals surface area contributed by atoms with E-state index in [9.17, 15) is 4.79 Å². The van der Waals surface area contributed by atoms with E-state index < -0.39 is 0 Å². The molecular formula is C20H25NO2. The van der Waals surface area contributed by atoms with Crippen LogP contribution in [0.3, 0.4) is 0 Å². The molecule has 0 saturated heterocycles. The molecule has 23 heavy (non-hydrogen) atoms. The van der Waals surface area contributed by atoms with E-state index in [0.717, 1.165) is 17.7 Å². The molecule has 1 N–H and O–H groups in total. The normalized spacial score (nSPS) is 11.7. The van der Waals surface area contributed by atoms with Gasteiger partial charge in [0.25, 0.3) is 0 Å². The molecule has 2 aromatic rings. The number of carbonyl (C=O) groups is 1. The Morgan fingerprint density at radius 3 is 2.35 bits per heavy atom. The first-order valence-electron chi connectivity index (χ1n) is 8.20. The van der Waals surface area contributed by atoms with Crippen LogP contribution < -0.4 is 5.32 Å². The fourth-order valence-electron chi connectivity index (χ4n) is 2.54.